The predicted octanol–water partition coefficient (Wildman–Crippen LogP) is 0.349. The fourth-order valence-electron chi connectivity index (χ4n) is 0.533. The van der Waals surface area contributed by atoms with Crippen molar-refractivity contribution in [3.8, 4) is 0 Å². The highest BCUT2D eigenvalue weighted by Crippen LogP contribution is 1.89. The number of rotatable bonds is 5. The summed E-state index contributed by atoms with van der Waals surface area (Å²) >= 11 is 0. The molecule has 0 aromatic carbocycles. The van der Waals surface area contributed by atoms with Gasteiger partial charge >= 0.3 is 5.97 Å². The maximum Gasteiger partial charge on any atom is 0.333 e. The number of ether oxygens (including phenoxy) is 1. The van der Waals surface area contributed by atoms with Crippen molar-refractivity contribution in [3.63, 3.8) is 0 Å². The number of carbonyl (C=O) groups is 1. The van der Waals surface area contributed by atoms with Gasteiger partial charge in [0.15, 0.2) is 0 Å². The van der Waals surface area contributed by atoms with Crippen molar-refractivity contribution < 1.29 is 22.5 Å². The van der Waals surface area contributed by atoms with Gasteiger partial charge in [-0.2, -0.15) is 8.42 Å². The number of carbonyl (C=O) groups excluding carboxylic acids is 1. The SMILES string of the molecule is C=C(C)C(=O)OCCN.CCCS(=O)(=O)O. The topological polar surface area (TPSA) is 107 Å². The summed E-state index contributed by atoms with van der Waals surface area (Å²) in [4.78, 5) is 10.5. The first-order valence-electron chi connectivity index (χ1n) is 4.72. The summed E-state index contributed by atoms with van der Waals surface area (Å²) in [5.41, 5.74) is 5.48. The molecule has 96 valence electrons. The normalized spacial score (nSPS) is 10.0. The Morgan fingerprint density at radius 2 is 2.00 bits per heavy atom. The van der Waals surface area contributed by atoms with Crippen LogP contribution in [0.3, 0.4) is 0 Å². The molecule has 0 aromatic heterocycles. The van der Waals surface area contributed by atoms with Gasteiger partial charge in [0.1, 0.15) is 6.61 Å². The highest BCUT2D eigenvalue weighted by atomic mass is 32.2. The van der Waals surface area contributed by atoms with Gasteiger partial charge in [-0.05, 0) is 13.3 Å². The van der Waals surface area contributed by atoms with Gasteiger partial charge in [0.25, 0.3) is 10.1 Å². The van der Waals surface area contributed by atoms with Crippen molar-refractivity contribution in [2.45, 2.75) is 20.3 Å². The molecule has 0 saturated heterocycles. The van der Waals surface area contributed by atoms with Crippen LogP contribution in [0.5, 0.6) is 0 Å². The average Bonchev–Trinajstić information content (AvgIpc) is 2.13. The van der Waals surface area contributed by atoms with Crippen LogP contribution in [0, 0.1) is 0 Å². The Hall–Kier alpha value is -0.920. The monoisotopic (exact) mass is 253 g/mol. The van der Waals surface area contributed by atoms with Crippen LogP contribution >= 0.6 is 0 Å². The summed E-state index contributed by atoms with van der Waals surface area (Å²) in [5, 5.41) is 0. The van der Waals surface area contributed by atoms with Crippen molar-refractivity contribution >= 4 is 16.1 Å². The fourth-order valence-corrected chi connectivity index (χ4v) is 1.05. The molecule has 0 rings (SSSR count). The number of esters is 1. The minimum Gasteiger partial charge on any atom is -0.461 e. The smallest absolute Gasteiger partial charge is 0.333 e. The second-order valence-electron chi connectivity index (χ2n) is 2.99. The molecule has 0 unspecified atom stereocenters. The van der Waals surface area contributed by atoms with Gasteiger partial charge in [-0.25, -0.2) is 4.79 Å². The van der Waals surface area contributed by atoms with Crippen LogP contribution < -0.4 is 5.73 Å². The minimum atomic E-state index is -3.67. The molecule has 7 heteroatoms. The third-order valence-corrected chi connectivity index (χ3v) is 2.09. The standard InChI is InChI=1S/C6H11NO2.C3H8O3S/c1-5(2)6(8)9-4-3-7;1-2-3-7(4,5)6/h1,3-4,7H2,2H3;2-3H2,1H3,(H,4,5,6). The lowest BCUT2D eigenvalue weighted by Crippen LogP contribution is -2.13. The maximum atomic E-state index is 10.5. The van der Waals surface area contributed by atoms with Crippen molar-refractivity contribution in [1.82, 2.24) is 0 Å². The highest BCUT2D eigenvalue weighted by Gasteiger charge is 1.99. The van der Waals surface area contributed by atoms with Crippen molar-refractivity contribution in [2.24, 2.45) is 5.73 Å². The van der Waals surface area contributed by atoms with Crippen LogP contribution in [-0.2, 0) is 19.6 Å². The van der Waals surface area contributed by atoms with E-state index in [4.69, 9.17) is 10.3 Å². The van der Waals surface area contributed by atoms with Gasteiger partial charge in [-0.1, -0.05) is 13.5 Å². The Bertz CT molecular complexity index is 310. The Morgan fingerprint density at radius 3 is 2.19 bits per heavy atom. The van der Waals surface area contributed by atoms with Crippen LogP contribution in [0.25, 0.3) is 0 Å². The zero-order valence-electron chi connectivity index (χ0n) is 9.60. The van der Waals surface area contributed by atoms with Gasteiger partial charge in [-0.15, -0.1) is 0 Å². The Kier molecular flexibility index (Phi) is 10.2. The minimum absolute atomic E-state index is 0.132. The van der Waals surface area contributed by atoms with E-state index in [1.54, 1.807) is 13.8 Å². The van der Waals surface area contributed by atoms with E-state index in [-0.39, 0.29) is 18.3 Å². The average molecular weight is 253 g/mol. The first-order valence-corrected chi connectivity index (χ1v) is 6.33. The van der Waals surface area contributed by atoms with E-state index in [1.807, 2.05) is 0 Å². The van der Waals surface area contributed by atoms with E-state index in [9.17, 15) is 13.2 Å². The third kappa shape index (κ3) is 15.5. The number of hydrogen-bond acceptors (Lipinski definition) is 5. The van der Waals surface area contributed by atoms with E-state index >= 15 is 0 Å². The van der Waals surface area contributed by atoms with Gasteiger partial charge in [0.2, 0.25) is 0 Å². The van der Waals surface area contributed by atoms with E-state index in [0.717, 1.165) is 0 Å². The highest BCUT2D eigenvalue weighted by molar-refractivity contribution is 7.85. The molecular formula is C9H19NO5S. The lowest BCUT2D eigenvalue weighted by atomic mass is 10.4. The molecule has 0 fully saturated rings. The molecule has 0 saturated carbocycles. The molecule has 0 aliphatic heterocycles. The van der Waals surface area contributed by atoms with Gasteiger partial charge in [0.05, 0.1) is 5.75 Å². The second kappa shape index (κ2) is 9.32. The summed E-state index contributed by atoms with van der Waals surface area (Å²) in [6.07, 6.45) is 0.471. The first-order chi connectivity index (χ1) is 7.24. The fraction of sp³-hybridized carbons (Fsp3) is 0.667. The quantitative estimate of drug-likeness (QED) is 0.416. The Balaban J connectivity index is 0. The molecule has 0 aliphatic rings. The van der Waals surface area contributed by atoms with E-state index < -0.39 is 10.1 Å². The lowest BCUT2D eigenvalue weighted by Gasteiger charge is -1.99. The lowest BCUT2D eigenvalue weighted by molar-refractivity contribution is -0.138. The van der Waals surface area contributed by atoms with Crippen molar-refractivity contribution in [2.75, 3.05) is 18.9 Å². The van der Waals surface area contributed by atoms with Crippen molar-refractivity contribution in [1.29, 1.82) is 0 Å². The van der Waals surface area contributed by atoms with Gasteiger partial charge in [0, 0.05) is 12.1 Å². The molecule has 3 N–H and O–H groups in total. The molecule has 0 aliphatic carbocycles. The molecule has 0 amide bonds. The molecule has 16 heavy (non-hydrogen) atoms. The summed E-state index contributed by atoms with van der Waals surface area (Å²) in [6, 6.07) is 0. The zero-order chi connectivity index (χ0) is 13.2. The predicted molar refractivity (Wildman–Crippen MR) is 61.5 cm³/mol. The van der Waals surface area contributed by atoms with Crippen molar-refractivity contribution in [3.05, 3.63) is 12.2 Å². The van der Waals surface area contributed by atoms with Crippen LogP contribution in [-0.4, -0.2) is 37.8 Å². The third-order valence-electron chi connectivity index (χ3n) is 1.16. The van der Waals surface area contributed by atoms with Gasteiger partial charge in [-0.3, -0.25) is 4.55 Å². The summed E-state index contributed by atoms with van der Waals surface area (Å²) in [6.45, 7) is 7.31. The molecule has 0 bridgehead atoms. The van der Waals surface area contributed by atoms with Crippen LogP contribution in [0.15, 0.2) is 12.2 Å². The molecule has 0 atom stereocenters. The summed E-state index contributed by atoms with van der Waals surface area (Å²) in [5.74, 6) is -0.507. The van der Waals surface area contributed by atoms with Crippen LogP contribution in [0.4, 0.5) is 0 Å². The largest absolute Gasteiger partial charge is 0.461 e. The maximum absolute atomic E-state index is 10.5. The second-order valence-corrected chi connectivity index (χ2v) is 4.56. The molecule has 0 radical (unpaired) electrons. The zero-order valence-corrected chi connectivity index (χ0v) is 10.4. The molecule has 0 spiro atoms. The molecule has 0 heterocycles. The molecular weight excluding hydrogens is 234 g/mol. The summed E-state index contributed by atoms with van der Waals surface area (Å²) < 4.78 is 32.2. The van der Waals surface area contributed by atoms with E-state index in [2.05, 4.69) is 11.3 Å². The number of nitrogens with two attached hydrogens (primary N) is 1. The van der Waals surface area contributed by atoms with Crippen LogP contribution in [0.1, 0.15) is 20.3 Å². The Morgan fingerprint density at radius 1 is 1.50 bits per heavy atom. The van der Waals surface area contributed by atoms with Gasteiger partial charge < -0.3 is 10.5 Å². The van der Waals surface area contributed by atoms with Crippen LogP contribution in [0.2, 0.25) is 0 Å². The Labute approximate surface area is 96.2 Å². The molecule has 6 nitrogen and oxygen atoms in total. The first kappa shape index (κ1) is 17.5. The number of hydrogen-bond donors (Lipinski definition) is 2. The van der Waals surface area contributed by atoms with E-state index in [0.29, 0.717) is 18.5 Å². The summed E-state index contributed by atoms with van der Waals surface area (Å²) in [7, 11) is -3.67. The molecule has 0 aromatic rings. The van der Waals surface area contributed by atoms with E-state index in [1.165, 1.54) is 0 Å².